The quantitative estimate of drug-likeness (QED) is 0.152. The van der Waals surface area contributed by atoms with Crippen LogP contribution < -0.4 is 5.11 Å². The molecule has 1 heterocycles. The number of aliphatic carboxylic acids is 1. The Morgan fingerprint density at radius 2 is 1.64 bits per heavy atom. The van der Waals surface area contributed by atoms with Crippen LogP contribution in [0.1, 0.15) is 53.0 Å². The maximum absolute atomic E-state index is 13.7. The third-order valence-corrected chi connectivity index (χ3v) is 8.93. The molecule has 0 saturated carbocycles. The summed E-state index contributed by atoms with van der Waals surface area (Å²) < 4.78 is 0.901. The summed E-state index contributed by atoms with van der Waals surface area (Å²) >= 11 is 3.54. The molecular formula is C36H32BrN3NiO3. The smallest absolute Gasteiger partial charge is 0.625 e. The van der Waals surface area contributed by atoms with Crippen molar-refractivity contribution >= 4 is 39.2 Å². The SMILES string of the molecule is O=C([O-])[C@@H](/N=C(\c1ccccc1)c1ccccc1[N-]C(=O)[C@@H]1CCCN1Cc1ccccc1)[C@H]1CCc2ccc(Br)cc21.[Ni+2]. The van der Waals surface area contributed by atoms with Gasteiger partial charge in [-0.1, -0.05) is 107 Å². The third kappa shape index (κ3) is 7.04. The second-order valence-corrected chi connectivity index (χ2v) is 12.1. The fourth-order valence-electron chi connectivity index (χ4n) is 6.35. The molecule has 1 aliphatic heterocycles. The van der Waals surface area contributed by atoms with Crippen LogP contribution in [0.4, 0.5) is 5.69 Å². The molecule has 0 aromatic heterocycles. The summed E-state index contributed by atoms with van der Waals surface area (Å²) in [6.45, 7) is 1.53. The first-order valence-electron chi connectivity index (χ1n) is 14.7. The van der Waals surface area contributed by atoms with E-state index in [-0.39, 0.29) is 34.4 Å². The average molecular weight is 693 g/mol. The molecule has 0 spiro atoms. The molecule has 4 aromatic rings. The van der Waals surface area contributed by atoms with Crippen LogP contribution in [0.2, 0.25) is 0 Å². The number of rotatable bonds is 9. The number of carbonyl (C=O) groups excluding carboxylic acids is 2. The number of carboxylic acids is 1. The second kappa shape index (κ2) is 14.5. The standard InChI is InChI=1S/C36H34BrN3O3.Ni/c37-27-19-17-25-18-20-28(30(25)22-27)34(36(42)43)39-33(26-12-5-2-6-13-26)29-14-7-8-15-31(29)38-35(41)32-16-9-21-40(32)23-24-10-3-1-4-11-24;/h1-8,10-15,17,19,22,28,32,34H,9,16,18,20-21,23H2,(H2,38,39,41,42,43);/q;+2/p-2/t28-,32-,34-;/m0./s1. The predicted octanol–water partition coefficient (Wildman–Crippen LogP) is 6.33. The monoisotopic (exact) mass is 691 g/mol. The number of halogens is 1. The summed E-state index contributed by atoms with van der Waals surface area (Å²) in [5.41, 5.74) is 5.61. The molecule has 6 rings (SSSR count). The normalized spacial score (nSPS) is 18.7. The molecule has 44 heavy (non-hydrogen) atoms. The first kappa shape index (κ1) is 31.8. The van der Waals surface area contributed by atoms with Crippen LogP contribution in [0, 0.1) is 0 Å². The van der Waals surface area contributed by atoms with Crippen molar-refractivity contribution in [2.45, 2.75) is 50.2 Å². The maximum Gasteiger partial charge on any atom is 2.00 e. The number of aliphatic imine (C=N–C) groups is 1. The number of aryl methyl sites for hydroxylation is 1. The number of carbonyl (C=O) groups is 2. The van der Waals surface area contributed by atoms with Crippen LogP contribution >= 0.6 is 15.9 Å². The minimum absolute atomic E-state index is 0. The Morgan fingerprint density at radius 1 is 0.932 bits per heavy atom. The van der Waals surface area contributed by atoms with Crippen molar-refractivity contribution in [1.82, 2.24) is 4.90 Å². The van der Waals surface area contributed by atoms with Crippen LogP contribution in [0.25, 0.3) is 5.32 Å². The van der Waals surface area contributed by atoms with E-state index in [1.54, 1.807) is 6.07 Å². The van der Waals surface area contributed by atoms with Gasteiger partial charge in [-0.15, -0.1) is 5.69 Å². The molecule has 1 saturated heterocycles. The largest absolute Gasteiger partial charge is 2.00 e. The van der Waals surface area contributed by atoms with Gasteiger partial charge < -0.3 is 20.0 Å². The van der Waals surface area contributed by atoms with Gasteiger partial charge >= 0.3 is 16.5 Å². The van der Waals surface area contributed by atoms with Gasteiger partial charge in [-0.05, 0) is 66.6 Å². The maximum atomic E-state index is 13.7. The van der Waals surface area contributed by atoms with Gasteiger partial charge in [0.05, 0.1) is 29.7 Å². The summed E-state index contributed by atoms with van der Waals surface area (Å²) in [5, 5.41) is 17.3. The summed E-state index contributed by atoms with van der Waals surface area (Å²) in [7, 11) is 0. The Bertz CT molecular complexity index is 1650. The molecular weight excluding hydrogens is 661 g/mol. The van der Waals surface area contributed by atoms with Gasteiger partial charge in [0.2, 0.25) is 0 Å². The molecule has 1 aliphatic carbocycles. The van der Waals surface area contributed by atoms with Gasteiger partial charge in [-0.2, -0.15) is 0 Å². The van der Waals surface area contributed by atoms with E-state index in [9.17, 15) is 14.7 Å². The van der Waals surface area contributed by atoms with E-state index in [4.69, 9.17) is 4.99 Å². The van der Waals surface area contributed by atoms with Gasteiger partial charge in [-0.3, -0.25) is 9.89 Å². The van der Waals surface area contributed by atoms with E-state index in [1.807, 2.05) is 84.9 Å². The topological polar surface area (TPSA) is 86.9 Å². The fraction of sp³-hybridized carbons (Fsp3) is 0.250. The third-order valence-electron chi connectivity index (χ3n) is 8.44. The number of para-hydroxylation sites is 1. The minimum Gasteiger partial charge on any atom is -0.625 e. The van der Waals surface area contributed by atoms with Crippen molar-refractivity contribution in [3.8, 4) is 0 Å². The summed E-state index contributed by atoms with van der Waals surface area (Å²) in [6, 6.07) is 31.6. The summed E-state index contributed by atoms with van der Waals surface area (Å²) in [4.78, 5) is 33.5. The Labute approximate surface area is 276 Å². The zero-order valence-electron chi connectivity index (χ0n) is 24.1. The zero-order valence-corrected chi connectivity index (χ0v) is 26.6. The van der Waals surface area contributed by atoms with Crippen LogP contribution in [0.5, 0.6) is 0 Å². The molecule has 1 amide bonds. The molecule has 226 valence electrons. The van der Waals surface area contributed by atoms with E-state index in [0.717, 1.165) is 52.5 Å². The molecule has 4 aromatic carbocycles. The Kier molecular flexibility index (Phi) is 10.5. The molecule has 1 fully saturated rings. The number of benzene rings is 4. The molecule has 2 aliphatic rings. The van der Waals surface area contributed by atoms with Crippen molar-refractivity contribution in [3.63, 3.8) is 0 Å². The Hall–Kier alpha value is -3.58. The van der Waals surface area contributed by atoms with Crippen molar-refractivity contribution < 1.29 is 31.2 Å². The number of carboxylic acid groups (broad SMARTS) is 1. The second-order valence-electron chi connectivity index (χ2n) is 11.2. The minimum atomic E-state index is -1.22. The number of fused-ring (bicyclic) bond motifs is 1. The van der Waals surface area contributed by atoms with Crippen molar-refractivity contribution in [3.05, 3.63) is 141 Å². The average Bonchev–Trinajstić information content (AvgIpc) is 3.66. The Balaban J connectivity index is 0.00000384. The molecule has 0 radical (unpaired) electrons. The predicted molar refractivity (Wildman–Crippen MR) is 170 cm³/mol. The van der Waals surface area contributed by atoms with E-state index in [2.05, 4.69) is 38.3 Å². The molecule has 0 N–H and O–H groups in total. The van der Waals surface area contributed by atoms with Crippen LogP contribution in [0.15, 0.2) is 113 Å². The summed E-state index contributed by atoms with van der Waals surface area (Å²) in [5.74, 6) is -1.74. The van der Waals surface area contributed by atoms with Gasteiger partial charge in [0.25, 0.3) is 0 Å². The van der Waals surface area contributed by atoms with E-state index < -0.39 is 12.0 Å². The van der Waals surface area contributed by atoms with Gasteiger partial charge in [-0.25, -0.2) is 0 Å². The van der Waals surface area contributed by atoms with Crippen molar-refractivity contribution in [1.29, 1.82) is 0 Å². The Morgan fingerprint density at radius 3 is 2.39 bits per heavy atom. The molecule has 8 heteroatoms. The van der Waals surface area contributed by atoms with Crippen LogP contribution in [0.3, 0.4) is 0 Å². The van der Waals surface area contributed by atoms with Crippen LogP contribution in [-0.4, -0.2) is 41.1 Å². The van der Waals surface area contributed by atoms with Crippen molar-refractivity contribution in [2.75, 3.05) is 6.54 Å². The number of hydrogen-bond donors (Lipinski definition) is 0. The van der Waals surface area contributed by atoms with Crippen LogP contribution in [-0.2, 0) is 39.0 Å². The zero-order chi connectivity index (χ0) is 29.8. The molecule has 6 nitrogen and oxygen atoms in total. The summed E-state index contributed by atoms with van der Waals surface area (Å²) in [6.07, 6.45) is 3.14. The van der Waals surface area contributed by atoms with Gasteiger partial charge in [0, 0.05) is 22.5 Å². The number of hydrogen-bond acceptors (Lipinski definition) is 5. The van der Waals surface area contributed by atoms with E-state index in [1.165, 1.54) is 0 Å². The number of likely N-dealkylation sites (tertiary alicyclic amines) is 1. The molecule has 0 bridgehead atoms. The van der Waals surface area contributed by atoms with Gasteiger partial charge in [0.15, 0.2) is 0 Å². The number of amides is 1. The number of nitrogens with zero attached hydrogens (tertiary/aromatic N) is 3. The van der Waals surface area contributed by atoms with E-state index >= 15 is 0 Å². The first-order chi connectivity index (χ1) is 21.0. The molecule has 3 atom stereocenters. The van der Waals surface area contributed by atoms with E-state index in [0.29, 0.717) is 29.9 Å². The fourth-order valence-corrected chi connectivity index (χ4v) is 6.73. The first-order valence-corrected chi connectivity index (χ1v) is 15.5. The van der Waals surface area contributed by atoms with Crippen molar-refractivity contribution in [2.24, 2.45) is 4.99 Å². The molecule has 0 unspecified atom stereocenters. The van der Waals surface area contributed by atoms with Gasteiger partial charge in [0.1, 0.15) is 0 Å².